The van der Waals surface area contributed by atoms with Crippen molar-refractivity contribution in [1.29, 1.82) is 0 Å². The topological polar surface area (TPSA) is 0 Å². The standard InChI is InChI=1S/C15H10BrCl2F3/c16-13-6-3-10(8-12(13)15(19,20)21)14(18)7-9-1-4-11(17)5-2-9/h1-6,8,14H,7H2. The van der Waals surface area contributed by atoms with Crippen LogP contribution in [0.25, 0.3) is 0 Å². The average molecular weight is 398 g/mol. The summed E-state index contributed by atoms with van der Waals surface area (Å²) < 4.78 is 38.6. The van der Waals surface area contributed by atoms with Crippen LogP contribution in [-0.4, -0.2) is 0 Å². The highest BCUT2D eigenvalue weighted by Gasteiger charge is 2.33. The summed E-state index contributed by atoms with van der Waals surface area (Å²) in [5, 5.41) is 0.0632. The Morgan fingerprint density at radius 3 is 2.24 bits per heavy atom. The molecule has 0 N–H and O–H groups in total. The molecule has 0 saturated carbocycles. The maximum absolute atomic E-state index is 12.9. The predicted octanol–water partition coefficient (Wildman–Crippen LogP) is 6.64. The van der Waals surface area contributed by atoms with E-state index in [1.807, 2.05) is 0 Å². The van der Waals surface area contributed by atoms with Crippen molar-refractivity contribution in [3.63, 3.8) is 0 Å². The first kappa shape index (κ1) is 16.7. The molecule has 0 aliphatic rings. The van der Waals surface area contributed by atoms with Gasteiger partial charge in [-0.15, -0.1) is 11.6 Å². The molecule has 0 aromatic heterocycles. The van der Waals surface area contributed by atoms with Crippen LogP contribution in [0, 0.1) is 0 Å². The molecule has 1 atom stereocenters. The quantitative estimate of drug-likeness (QED) is 0.509. The van der Waals surface area contributed by atoms with Gasteiger partial charge >= 0.3 is 6.18 Å². The molecule has 112 valence electrons. The largest absolute Gasteiger partial charge is 0.417 e. The van der Waals surface area contributed by atoms with E-state index in [4.69, 9.17) is 23.2 Å². The van der Waals surface area contributed by atoms with Crippen molar-refractivity contribution < 1.29 is 13.2 Å². The Morgan fingerprint density at radius 1 is 1.05 bits per heavy atom. The van der Waals surface area contributed by atoms with E-state index in [-0.39, 0.29) is 4.47 Å². The molecule has 0 fully saturated rings. The van der Waals surface area contributed by atoms with E-state index >= 15 is 0 Å². The maximum Gasteiger partial charge on any atom is 0.417 e. The molecule has 0 nitrogen and oxygen atoms in total. The second kappa shape index (κ2) is 6.59. The van der Waals surface area contributed by atoms with Crippen LogP contribution >= 0.6 is 39.1 Å². The number of rotatable bonds is 3. The zero-order valence-corrected chi connectivity index (χ0v) is 13.7. The van der Waals surface area contributed by atoms with Gasteiger partial charge in [0.1, 0.15) is 0 Å². The van der Waals surface area contributed by atoms with Crippen LogP contribution in [0.1, 0.15) is 22.1 Å². The molecule has 21 heavy (non-hydrogen) atoms. The molecule has 0 bridgehead atoms. The van der Waals surface area contributed by atoms with Crippen molar-refractivity contribution in [2.75, 3.05) is 0 Å². The van der Waals surface area contributed by atoms with Gasteiger partial charge in [0, 0.05) is 9.50 Å². The molecule has 0 aliphatic heterocycles. The fraction of sp³-hybridized carbons (Fsp3) is 0.200. The minimum absolute atomic E-state index is 0.00843. The number of benzene rings is 2. The highest BCUT2D eigenvalue weighted by atomic mass is 79.9. The summed E-state index contributed by atoms with van der Waals surface area (Å²) in [4.78, 5) is 0. The third-order valence-electron chi connectivity index (χ3n) is 2.99. The van der Waals surface area contributed by atoms with Crippen LogP contribution < -0.4 is 0 Å². The van der Waals surface area contributed by atoms with Crippen LogP contribution in [0.15, 0.2) is 46.9 Å². The lowest BCUT2D eigenvalue weighted by Gasteiger charge is -2.14. The van der Waals surface area contributed by atoms with Crippen LogP contribution in [0.2, 0.25) is 5.02 Å². The van der Waals surface area contributed by atoms with Gasteiger partial charge in [-0.25, -0.2) is 0 Å². The van der Waals surface area contributed by atoms with E-state index in [0.717, 1.165) is 11.6 Å². The van der Waals surface area contributed by atoms with Crippen molar-refractivity contribution >= 4 is 39.1 Å². The lowest BCUT2D eigenvalue weighted by atomic mass is 10.0. The molecule has 0 radical (unpaired) electrons. The first-order valence-electron chi connectivity index (χ1n) is 6.02. The normalized spacial score (nSPS) is 13.2. The summed E-state index contributed by atoms with van der Waals surface area (Å²) in [5.74, 6) is 0. The van der Waals surface area contributed by atoms with Crippen molar-refractivity contribution in [2.45, 2.75) is 18.0 Å². The van der Waals surface area contributed by atoms with Crippen LogP contribution in [-0.2, 0) is 12.6 Å². The first-order chi connectivity index (χ1) is 9.77. The van der Waals surface area contributed by atoms with Gasteiger partial charge in [-0.1, -0.05) is 45.7 Å². The monoisotopic (exact) mass is 396 g/mol. The molecule has 0 aliphatic carbocycles. The molecular weight excluding hydrogens is 388 g/mol. The molecule has 0 amide bonds. The van der Waals surface area contributed by atoms with Gasteiger partial charge in [0.05, 0.1) is 10.9 Å². The van der Waals surface area contributed by atoms with Gasteiger partial charge in [-0.3, -0.25) is 0 Å². The molecule has 6 heteroatoms. The summed E-state index contributed by atoms with van der Waals surface area (Å²) in [6.45, 7) is 0. The van der Waals surface area contributed by atoms with E-state index in [9.17, 15) is 13.2 Å². The van der Waals surface area contributed by atoms with Crippen molar-refractivity contribution in [1.82, 2.24) is 0 Å². The Hall–Kier alpha value is -0.710. The second-order valence-corrected chi connectivity index (χ2v) is 6.35. The lowest BCUT2D eigenvalue weighted by molar-refractivity contribution is -0.138. The van der Waals surface area contributed by atoms with Gasteiger partial charge in [0.15, 0.2) is 0 Å². The SMILES string of the molecule is FC(F)(F)c1cc(C(Cl)Cc2ccc(Cl)cc2)ccc1Br. The fourth-order valence-electron chi connectivity index (χ4n) is 1.90. The number of hydrogen-bond donors (Lipinski definition) is 0. The average Bonchev–Trinajstić information content (AvgIpc) is 2.40. The van der Waals surface area contributed by atoms with Crippen LogP contribution in [0.4, 0.5) is 13.2 Å². The van der Waals surface area contributed by atoms with E-state index < -0.39 is 17.1 Å². The Morgan fingerprint density at radius 2 is 1.67 bits per heavy atom. The molecule has 0 heterocycles. The molecular formula is C15H10BrCl2F3. The summed E-state index contributed by atoms with van der Waals surface area (Å²) >= 11 is 14.9. The number of alkyl halides is 4. The van der Waals surface area contributed by atoms with E-state index in [0.29, 0.717) is 17.0 Å². The van der Waals surface area contributed by atoms with Crippen molar-refractivity contribution in [3.8, 4) is 0 Å². The summed E-state index contributed by atoms with van der Waals surface area (Å²) in [6, 6.07) is 11.1. The number of halogens is 6. The Bertz CT molecular complexity index is 624. The van der Waals surface area contributed by atoms with E-state index in [2.05, 4.69) is 15.9 Å². The maximum atomic E-state index is 12.9. The summed E-state index contributed by atoms with van der Waals surface area (Å²) in [7, 11) is 0. The molecule has 1 unspecified atom stereocenters. The zero-order chi connectivity index (χ0) is 15.6. The molecule has 0 spiro atoms. The minimum Gasteiger partial charge on any atom is -0.166 e. The van der Waals surface area contributed by atoms with Gasteiger partial charge < -0.3 is 0 Å². The third kappa shape index (κ3) is 4.38. The van der Waals surface area contributed by atoms with Gasteiger partial charge in [0.25, 0.3) is 0 Å². The predicted molar refractivity (Wildman–Crippen MR) is 82.9 cm³/mol. The highest BCUT2D eigenvalue weighted by Crippen LogP contribution is 2.37. The first-order valence-corrected chi connectivity index (χ1v) is 7.63. The van der Waals surface area contributed by atoms with Crippen LogP contribution in [0.3, 0.4) is 0 Å². The minimum atomic E-state index is -4.41. The Kier molecular flexibility index (Phi) is 5.23. The van der Waals surface area contributed by atoms with Crippen molar-refractivity contribution in [3.05, 3.63) is 68.7 Å². The van der Waals surface area contributed by atoms with Gasteiger partial charge in [0.2, 0.25) is 0 Å². The third-order valence-corrected chi connectivity index (χ3v) is 4.34. The Labute approximate surface area is 139 Å². The van der Waals surface area contributed by atoms with E-state index in [1.54, 1.807) is 30.3 Å². The smallest absolute Gasteiger partial charge is 0.166 e. The summed E-state index contributed by atoms with van der Waals surface area (Å²) in [6.07, 6.45) is -3.98. The van der Waals surface area contributed by atoms with Crippen LogP contribution in [0.5, 0.6) is 0 Å². The van der Waals surface area contributed by atoms with E-state index in [1.165, 1.54) is 6.07 Å². The highest BCUT2D eigenvalue weighted by molar-refractivity contribution is 9.10. The Balaban J connectivity index is 2.23. The molecule has 2 rings (SSSR count). The lowest BCUT2D eigenvalue weighted by Crippen LogP contribution is -2.07. The fourth-order valence-corrected chi connectivity index (χ4v) is 2.81. The van der Waals surface area contributed by atoms with Crippen molar-refractivity contribution in [2.24, 2.45) is 0 Å². The molecule has 2 aromatic rings. The molecule has 2 aromatic carbocycles. The molecule has 0 saturated heterocycles. The second-order valence-electron chi connectivity index (χ2n) is 4.54. The van der Waals surface area contributed by atoms with Gasteiger partial charge in [-0.2, -0.15) is 13.2 Å². The zero-order valence-electron chi connectivity index (χ0n) is 10.6. The number of hydrogen-bond acceptors (Lipinski definition) is 0. The summed E-state index contributed by atoms with van der Waals surface area (Å²) in [5.41, 5.74) is 0.625. The van der Waals surface area contributed by atoms with Gasteiger partial charge in [-0.05, 0) is 41.8 Å².